The predicted molar refractivity (Wildman–Crippen MR) is 87.8 cm³/mol. The summed E-state index contributed by atoms with van der Waals surface area (Å²) in [6.07, 6.45) is 2.62. The van der Waals surface area contributed by atoms with Crippen LogP contribution in [0.5, 0.6) is 0 Å². The van der Waals surface area contributed by atoms with Crippen molar-refractivity contribution in [2.75, 3.05) is 27.4 Å². The van der Waals surface area contributed by atoms with Crippen LogP contribution in [0.1, 0.15) is 12.0 Å². The fraction of sp³-hybridized carbons (Fsp3) is 0.474. The van der Waals surface area contributed by atoms with E-state index in [9.17, 15) is 9.59 Å². The van der Waals surface area contributed by atoms with E-state index in [1.165, 1.54) is 4.90 Å². The van der Waals surface area contributed by atoms with Gasteiger partial charge in [0, 0.05) is 20.1 Å². The fourth-order valence-electron chi connectivity index (χ4n) is 4.55. The van der Waals surface area contributed by atoms with Gasteiger partial charge >= 0.3 is 0 Å². The number of fused-ring (bicyclic) bond motifs is 4. The van der Waals surface area contributed by atoms with Crippen molar-refractivity contribution in [2.24, 2.45) is 17.8 Å². The Morgan fingerprint density at radius 2 is 2.00 bits per heavy atom. The number of nitrogens with zero attached hydrogens (tertiary/aromatic N) is 1. The van der Waals surface area contributed by atoms with Crippen LogP contribution in [0.15, 0.2) is 35.9 Å². The van der Waals surface area contributed by atoms with Crippen molar-refractivity contribution >= 4 is 17.9 Å². The average Bonchev–Trinajstić information content (AvgIpc) is 2.94. The summed E-state index contributed by atoms with van der Waals surface area (Å²) in [7, 11) is 3.23. The van der Waals surface area contributed by atoms with Crippen LogP contribution >= 0.6 is 0 Å². The van der Waals surface area contributed by atoms with Crippen LogP contribution in [0, 0.1) is 17.8 Å². The molecule has 0 aromatic heterocycles. The number of hydrogen-bond donors (Lipinski definition) is 0. The van der Waals surface area contributed by atoms with Crippen LogP contribution in [-0.4, -0.2) is 49.7 Å². The zero-order chi connectivity index (χ0) is 16.9. The minimum absolute atomic E-state index is 0.0551. The Labute approximate surface area is 141 Å². The molecule has 4 atom stereocenters. The second kappa shape index (κ2) is 5.53. The fourth-order valence-corrected chi connectivity index (χ4v) is 4.55. The van der Waals surface area contributed by atoms with E-state index >= 15 is 0 Å². The summed E-state index contributed by atoms with van der Waals surface area (Å²) < 4.78 is 11.6. The predicted octanol–water partition coefficient (Wildman–Crippen LogP) is 1.74. The normalized spacial score (nSPS) is 36.5. The molecule has 2 amide bonds. The number of rotatable bonds is 3. The van der Waals surface area contributed by atoms with Crippen molar-refractivity contribution in [1.82, 2.24) is 4.90 Å². The summed E-state index contributed by atoms with van der Waals surface area (Å²) in [5, 5.41) is 0. The van der Waals surface area contributed by atoms with Crippen LogP contribution in [0.25, 0.3) is 6.08 Å². The van der Waals surface area contributed by atoms with Crippen LogP contribution in [0.4, 0.5) is 0 Å². The lowest BCUT2D eigenvalue weighted by atomic mass is 9.65. The molecule has 0 N–H and O–H groups in total. The smallest absolute Gasteiger partial charge is 0.233 e. The third kappa shape index (κ3) is 2.08. The summed E-state index contributed by atoms with van der Waals surface area (Å²) >= 11 is 0. The molecule has 2 aliphatic heterocycles. The largest absolute Gasteiger partial charge is 0.381 e. The van der Waals surface area contributed by atoms with Gasteiger partial charge in [-0.05, 0) is 17.6 Å². The van der Waals surface area contributed by atoms with Gasteiger partial charge in [0.2, 0.25) is 11.8 Å². The SMILES string of the molecule is COC[C@@]12C[C@H]3C(=O)N(C)C(=O)[C@H]3[C@@H](CO1)/C2=C\c1ccccc1. The standard InChI is InChI=1S/C19H21NO4/c1-20-17(21)13-9-19(11-23-2)15(8-12-6-4-3-5-7-12)14(10-24-19)16(13)18(20)22/h3-8,13-14,16H,9-11H2,1-2H3/b15-8+/t13-,14+,16-,19-/m1/s1. The van der Waals surface area contributed by atoms with Crippen LogP contribution in [0.3, 0.4) is 0 Å². The third-order valence-electron chi connectivity index (χ3n) is 5.64. The van der Waals surface area contributed by atoms with Crippen LogP contribution in [-0.2, 0) is 19.1 Å². The van der Waals surface area contributed by atoms with E-state index in [1.807, 2.05) is 30.3 Å². The van der Waals surface area contributed by atoms with Gasteiger partial charge in [-0.15, -0.1) is 0 Å². The highest BCUT2D eigenvalue weighted by Crippen LogP contribution is 2.55. The molecule has 1 aromatic rings. The first-order chi connectivity index (χ1) is 11.6. The number of likely N-dealkylation sites (tertiary alicyclic amines) is 1. The molecule has 1 saturated carbocycles. The van der Waals surface area contributed by atoms with Crippen molar-refractivity contribution in [3.05, 3.63) is 41.5 Å². The van der Waals surface area contributed by atoms with Crippen molar-refractivity contribution in [1.29, 1.82) is 0 Å². The van der Waals surface area contributed by atoms with Gasteiger partial charge in [0.1, 0.15) is 5.60 Å². The maximum absolute atomic E-state index is 12.6. The Morgan fingerprint density at radius 3 is 2.71 bits per heavy atom. The number of benzene rings is 1. The number of hydrogen-bond acceptors (Lipinski definition) is 4. The van der Waals surface area contributed by atoms with E-state index < -0.39 is 5.60 Å². The molecule has 0 radical (unpaired) electrons. The molecule has 4 rings (SSSR count). The lowest BCUT2D eigenvalue weighted by Crippen LogP contribution is -2.45. The van der Waals surface area contributed by atoms with Gasteiger partial charge in [0.25, 0.3) is 0 Å². The quantitative estimate of drug-likeness (QED) is 0.794. The molecule has 2 heterocycles. The minimum atomic E-state index is -0.600. The molecular weight excluding hydrogens is 306 g/mol. The van der Waals surface area contributed by atoms with Crippen molar-refractivity contribution < 1.29 is 19.1 Å². The Morgan fingerprint density at radius 1 is 1.25 bits per heavy atom. The van der Waals surface area contributed by atoms with Crippen molar-refractivity contribution in [3.63, 3.8) is 0 Å². The van der Waals surface area contributed by atoms with Gasteiger partial charge in [0.05, 0.1) is 25.0 Å². The molecule has 2 saturated heterocycles. The van der Waals surface area contributed by atoms with E-state index in [2.05, 4.69) is 6.08 Å². The molecule has 3 aliphatic rings. The third-order valence-corrected chi connectivity index (χ3v) is 5.64. The first-order valence-electron chi connectivity index (χ1n) is 8.29. The first-order valence-corrected chi connectivity index (χ1v) is 8.29. The van der Waals surface area contributed by atoms with E-state index in [1.54, 1.807) is 14.2 Å². The molecule has 3 fully saturated rings. The maximum Gasteiger partial charge on any atom is 0.233 e. The van der Waals surface area contributed by atoms with E-state index in [4.69, 9.17) is 9.47 Å². The lowest BCUT2D eigenvalue weighted by Gasteiger charge is -2.38. The summed E-state index contributed by atoms with van der Waals surface area (Å²) in [4.78, 5) is 26.3. The maximum atomic E-state index is 12.6. The Kier molecular flexibility index (Phi) is 3.58. The van der Waals surface area contributed by atoms with Crippen molar-refractivity contribution in [3.8, 4) is 0 Å². The van der Waals surface area contributed by atoms with E-state index in [0.717, 1.165) is 11.1 Å². The van der Waals surface area contributed by atoms with E-state index in [-0.39, 0.29) is 29.6 Å². The molecule has 24 heavy (non-hydrogen) atoms. The minimum Gasteiger partial charge on any atom is -0.381 e. The monoisotopic (exact) mass is 327 g/mol. The van der Waals surface area contributed by atoms with Gasteiger partial charge < -0.3 is 9.47 Å². The number of amides is 2. The number of ether oxygens (including phenoxy) is 2. The van der Waals surface area contributed by atoms with Gasteiger partial charge in [-0.3, -0.25) is 14.5 Å². The molecule has 5 heteroatoms. The number of carbonyl (C=O) groups is 2. The van der Waals surface area contributed by atoms with Crippen LogP contribution < -0.4 is 0 Å². The Bertz CT molecular complexity index is 713. The molecule has 2 bridgehead atoms. The number of methoxy groups -OCH3 is 1. The lowest BCUT2D eigenvalue weighted by molar-refractivity contribution is -0.139. The molecule has 0 spiro atoms. The summed E-state index contributed by atoms with van der Waals surface area (Å²) in [6.45, 7) is 0.868. The molecule has 126 valence electrons. The molecule has 1 aromatic carbocycles. The topological polar surface area (TPSA) is 55.8 Å². The van der Waals surface area contributed by atoms with E-state index in [0.29, 0.717) is 19.6 Å². The second-order valence-corrected chi connectivity index (χ2v) is 6.93. The zero-order valence-corrected chi connectivity index (χ0v) is 13.9. The zero-order valence-electron chi connectivity index (χ0n) is 13.9. The highest BCUT2D eigenvalue weighted by Gasteiger charge is 2.63. The van der Waals surface area contributed by atoms with Gasteiger partial charge in [-0.1, -0.05) is 36.4 Å². The van der Waals surface area contributed by atoms with Crippen molar-refractivity contribution in [2.45, 2.75) is 12.0 Å². The molecule has 0 unspecified atom stereocenters. The van der Waals surface area contributed by atoms with Gasteiger partial charge in [-0.25, -0.2) is 0 Å². The van der Waals surface area contributed by atoms with Gasteiger partial charge in [0.15, 0.2) is 0 Å². The van der Waals surface area contributed by atoms with Gasteiger partial charge in [-0.2, -0.15) is 0 Å². The average molecular weight is 327 g/mol. The number of carbonyl (C=O) groups excluding carboxylic acids is 2. The number of imide groups is 1. The summed E-state index contributed by atoms with van der Waals surface area (Å²) in [6, 6.07) is 10.0. The second-order valence-electron chi connectivity index (χ2n) is 6.93. The highest BCUT2D eigenvalue weighted by atomic mass is 16.5. The first kappa shape index (κ1) is 15.5. The molecule has 1 aliphatic carbocycles. The Balaban J connectivity index is 1.80. The molecule has 5 nitrogen and oxygen atoms in total. The summed E-state index contributed by atoms with van der Waals surface area (Å²) in [5.41, 5.74) is 1.57. The summed E-state index contributed by atoms with van der Waals surface area (Å²) in [5.74, 6) is -0.811. The highest BCUT2D eigenvalue weighted by molar-refractivity contribution is 6.05. The van der Waals surface area contributed by atoms with Crippen LogP contribution in [0.2, 0.25) is 0 Å². The Hall–Kier alpha value is -1.98. The molecular formula is C19H21NO4.